The third kappa shape index (κ3) is 2.72. The molecule has 0 fully saturated rings. The molecule has 0 spiro atoms. The second kappa shape index (κ2) is 5.51. The van der Waals surface area contributed by atoms with E-state index >= 15 is 0 Å². The Hall–Kier alpha value is -1.37. The van der Waals surface area contributed by atoms with Crippen LogP contribution in [0.25, 0.3) is 0 Å². The summed E-state index contributed by atoms with van der Waals surface area (Å²) in [6.45, 7) is 5.88. The largest absolute Gasteiger partial charge is 0.372 e. The fraction of sp³-hybridized carbons (Fsp3) is 0.545. The van der Waals surface area contributed by atoms with Gasteiger partial charge in [-0.3, -0.25) is 5.01 Å². The summed E-state index contributed by atoms with van der Waals surface area (Å²) < 4.78 is 0.850. The number of nitrogens with zero attached hydrogens (tertiary/aromatic N) is 4. The number of hydrogen-bond acceptors (Lipinski definition) is 6. The summed E-state index contributed by atoms with van der Waals surface area (Å²) in [7, 11) is 1.83. The molecule has 1 aliphatic rings. The molecule has 7 heteroatoms. The normalized spacial score (nSPS) is 18.8. The number of aromatic nitrogens is 2. The minimum absolute atomic E-state index is 0.177. The van der Waals surface area contributed by atoms with Crippen LogP contribution in [-0.4, -0.2) is 46.9 Å². The van der Waals surface area contributed by atoms with E-state index in [-0.39, 0.29) is 6.04 Å². The molecule has 18 heavy (non-hydrogen) atoms. The van der Waals surface area contributed by atoms with Gasteiger partial charge in [-0.2, -0.15) is 10.1 Å². The molecule has 0 aliphatic carbocycles. The number of nitrogens with one attached hydrogen (secondary N) is 2. The van der Waals surface area contributed by atoms with Gasteiger partial charge >= 0.3 is 0 Å². The van der Waals surface area contributed by atoms with Crippen LogP contribution in [-0.2, 0) is 0 Å². The van der Waals surface area contributed by atoms with Crippen molar-refractivity contribution in [3.05, 3.63) is 10.7 Å². The Labute approximate surface area is 115 Å². The van der Waals surface area contributed by atoms with E-state index in [9.17, 15) is 0 Å². The third-order valence-corrected chi connectivity index (χ3v) is 3.43. The van der Waals surface area contributed by atoms with Crippen LogP contribution in [0.2, 0.25) is 0 Å². The summed E-state index contributed by atoms with van der Waals surface area (Å²) in [5, 5.41) is 12.8. The highest BCUT2D eigenvalue weighted by atomic mass is 79.9. The number of likely N-dealkylation sites (N-methyl/N-ethyl adjacent to an activating group) is 1. The Morgan fingerprint density at radius 2 is 2.33 bits per heavy atom. The summed E-state index contributed by atoms with van der Waals surface area (Å²) in [6, 6.07) is 0.177. The van der Waals surface area contributed by atoms with Crippen LogP contribution >= 0.6 is 15.9 Å². The molecule has 1 aromatic rings. The van der Waals surface area contributed by atoms with E-state index in [1.807, 2.05) is 19.0 Å². The number of hydrazone groups is 1. The first kappa shape index (κ1) is 13.1. The molecule has 1 atom stereocenters. The molecule has 0 bridgehead atoms. The summed E-state index contributed by atoms with van der Waals surface area (Å²) >= 11 is 3.39. The topological polar surface area (TPSA) is 65.4 Å². The summed E-state index contributed by atoms with van der Waals surface area (Å²) in [4.78, 5) is 8.64. The molecule has 6 nitrogen and oxygen atoms in total. The van der Waals surface area contributed by atoms with Gasteiger partial charge in [-0.15, -0.1) is 0 Å². The van der Waals surface area contributed by atoms with Gasteiger partial charge in [0.15, 0.2) is 0 Å². The molecule has 2 heterocycles. The van der Waals surface area contributed by atoms with Gasteiger partial charge in [-0.05, 0) is 29.8 Å². The van der Waals surface area contributed by atoms with Gasteiger partial charge in [0.1, 0.15) is 5.82 Å². The first-order valence-corrected chi connectivity index (χ1v) is 6.70. The Bertz CT molecular complexity index is 461. The summed E-state index contributed by atoms with van der Waals surface area (Å²) in [5.74, 6) is 1.38. The predicted octanol–water partition coefficient (Wildman–Crippen LogP) is 1.77. The van der Waals surface area contributed by atoms with Gasteiger partial charge < -0.3 is 10.6 Å². The molecule has 0 aromatic carbocycles. The zero-order valence-electron chi connectivity index (χ0n) is 10.7. The van der Waals surface area contributed by atoms with Gasteiger partial charge in [0.05, 0.1) is 22.8 Å². The average Bonchev–Trinajstić information content (AvgIpc) is 2.72. The van der Waals surface area contributed by atoms with Crippen LogP contribution in [0.4, 0.5) is 11.8 Å². The molecule has 98 valence electrons. The molecule has 0 saturated heterocycles. The van der Waals surface area contributed by atoms with Crippen molar-refractivity contribution in [1.29, 1.82) is 0 Å². The predicted molar refractivity (Wildman–Crippen MR) is 77.0 cm³/mol. The van der Waals surface area contributed by atoms with Gasteiger partial charge in [0.25, 0.3) is 0 Å². The van der Waals surface area contributed by atoms with E-state index in [2.05, 4.69) is 48.6 Å². The molecular formula is C11H17BrN6. The second-order valence-electron chi connectivity index (χ2n) is 4.08. The van der Waals surface area contributed by atoms with Crippen molar-refractivity contribution in [2.24, 2.45) is 5.10 Å². The van der Waals surface area contributed by atoms with Crippen molar-refractivity contribution in [3.63, 3.8) is 0 Å². The highest BCUT2D eigenvalue weighted by Crippen LogP contribution is 2.20. The van der Waals surface area contributed by atoms with Crippen molar-refractivity contribution in [1.82, 2.24) is 15.0 Å². The van der Waals surface area contributed by atoms with Crippen molar-refractivity contribution < 1.29 is 0 Å². The van der Waals surface area contributed by atoms with E-state index in [0.29, 0.717) is 5.95 Å². The molecule has 2 N–H and O–H groups in total. The minimum atomic E-state index is 0.177. The van der Waals surface area contributed by atoms with Crippen molar-refractivity contribution in [2.45, 2.75) is 19.9 Å². The quantitative estimate of drug-likeness (QED) is 0.887. The van der Waals surface area contributed by atoms with E-state index in [1.54, 1.807) is 6.20 Å². The Balaban J connectivity index is 2.09. The van der Waals surface area contributed by atoms with Gasteiger partial charge in [0, 0.05) is 19.8 Å². The average molecular weight is 313 g/mol. The van der Waals surface area contributed by atoms with Gasteiger partial charge in [-0.1, -0.05) is 0 Å². The fourth-order valence-electron chi connectivity index (χ4n) is 1.79. The standard InChI is InChI=1S/C11H17BrN6/c1-4-18-6-9(7(2)17-18)15-11-14-5-8(12)10(13-3)16-11/h5,9H,4,6H2,1-3H3,(H2,13,14,15,16). The molecule has 0 saturated carbocycles. The molecule has 1 aromatic heterocycles. The summed E-state index contributed by atoms with van der Waals surface area (Å²) in [6.07, 6.45) is 1.74. The third-order valence-electron chi connectivity index (χ3n) is 2.85. The van der Waals surface area contributed by atoms with Crippen LogP contribution in [0, 0.1) is 0 Å². The highest BCUT2D eigenvalue weighted by molar-refractivity contribution is 9.10. The van der Waals surface area contributed by atoms with Crippen LogP contribution in [0.5, 0.6) is 0 Å². The molecule has 1 unspecified atom stereocenters. The van der Waals surface area contributed by atoms with Gasteiger partial charge in [-0.25, -0.2) is 4.98 Å². The molecular weight excluding hydrogens is 296 g/mol. The lowest BCUT2D eigenvalue weighted by atomic mass is 10.2. The second-order valence-corrected chi connectivity index (χ2v) is 4.94. The lowest BCUT2D eigenvalue weighted by Crippen LogP contribution is -2.31. The maximum absolute atomic E-state index is 4.45. The smallest absolute Gasteiger partial charge is 0.225 e. The van der Waals surface area contributed by atoms with E-state index in [1.165, 1.54) is 0 Å². The van der Waals surface area contributed by atoms with Crippen molar-refractivity contribution in [3.8, 4) is 0 Å². The molecule has 0 amide bonds. The number of hydrogen-bond donors (Lipinski definition) is 2. The fourth-order valence-corrected chi connectivity index (χ4v) is 2.18. The monoisotopic (exact) mass is 312 g/mol. The number of halogens is 1. The van der Waals surface area contributed by atoms with Crippen LogP contribution in [0.1, 0.15) is 13.8 Å². The van der Waals surface area contributed by atoms with Crippen LogP contribution in [0.3, 0.4) is 0 Å². The number of anilines is 2. The van der Waals surface area contributed by atoms with Crippen LogP contribution < -0.4 is 10.6 Å². The maximum atomic E-state index is 4.45. The SMILES string of the molecule is CCN1CC(Nc2ncc(Br)c(NC)n2)C(C)=N1. The van der Waals surface area contributed by atoms with E-state index in [0.717, 1.165) is 29.1 Å². The minimum Gasteiger partial charge on any atom is -0.372 e. The Morgan fingerprint density at radius 3 is 2.94 bits per heavy atom. The highest BCUT2D eigenvalue weighted by Gasteiger charge is 2.23. The first-order valence-electron chi connectivity index (χ1n) is 5.91. The maximum Gasteiger partial charge on any atom is 0.225 e. The van der Waals surface area contributed by atoms with Crippen molar-refractivity contribution in [2.75, 3.05) is 30.8 Å². The lowest BCUT2D eigenvalue weighted by Gasteiger charge is -2.15. The Kier molecular flexibility index (Phi) is 4.00. The molecule has 2 rings (SSSR count). The molecule has 1 aliphatic heterocycles. The zero-order chi connectivity index (χ0) is 13.1. The van der Waals surface area contributed by atoms with E-state index in [4.69, 9.17) is 0 Å². The first-order chi connectivity index (χ1) is 8.63. The number of rotatable bonds is 4. The lowest BCUT2D eigenvalue weighted by molar-refractivity contribution is 0.331. The van der Waals surface area contributed by atoms with Crippen molar-refractivity contribution >= 4 is 33.4 Å². The molecule has 0 radical (unpaired) electrons. The Morgan fingerprint density at radius 1 is 1.56 bits per heavy atom. The van der Waals surface area contributed by atoms with Crippen LogP contribution in [0.15, 0.2) is 15.8 Å². The van der Waals surface area contributed by atoms with Gasteiger partial charge in [0.2, 0.25) is 5.95 Å². The summed E-state index contributed by atoms with van der Waals surface area (Å²) in [5.41, 5.74) is 1.06. The zero-order valence-corrected chi connectivity index (χ0v) is 12.3. The van der Waals surface area contributed by atoms with E-state index < -0.39 is 0 Å².